The molecule has 0 fully saturated rings. The highest BCUT2D eigenvalue weighted by Crippen LogP contribution is 2.46. The van der Waals surface area contributed by atoms with E-state index < -0.39 is 0 Å². The van der Waals surface area contributed by atoms with Crippen LogP contribution in [0.2, 0.25) is 0 Å². The maximum absolute atomic E-state index is 7.07. The van der Waals surface area contributed by atoms with E-state index in [0.717, 1.165) is 78.2 Å². The van der Waals surface area contributed by atoms with Gasteiger partial charge >= 0.3 is 0 Å². The van der Waals surface area contributed by atoms with Crippen molar-refractivity contribution < 1.29 is 13.9 Å². The van der Waals surface area contributed by atoms with Gasteiger partial charge in [0.2, 0.25) is 0 Å². The molecule has 0 N–H and O–H groups in total. The molecule has 2 aliphatic rings. The van der Waals surface area contributed by atoms with Gasteiger partial charge in [0.25, 0.3) is 6.71 Å². The molecule has 13 rings (SSSR count). The number of para-hydroxylation sites is 2. The zero-order chi connectivity index (χ0) is 40.0. The quantitative estimate of drug-likeness (QED) is 0.163. The Bertz CT molecular complexity index is 3420. The second-order valence-corrected chi connectivity index (χ2v) is 16.0. The first kappa shape index (κ1) is 33.9. The van der Waals surface area contributed by atoms with E-state index in [-0.39, 0.29) is 6.71 Å². The third kappa shape index (κ3) is 5.27. The maximum atomic E-state index is 7.07. The van der Waals surface area contributed by atoms with Crippen molar-refractivity contribution in [3.8, 4) is 45.3 Å². The Balaban J connectivity index is 1.03. The van der Waals surface area contributed by atoms with Gasteiger partial charge in [0, 0.05) is 39.4 Å². The van der Waals surface area contributed by atoms with Crippen LogP contribution in [-0.4, -0.2) is 6.71 Å². The third-order valence-electron chi connectivity index (χ3n) is 12.6. The molecule has 0 saturated carbocycles. The van der Waals surface area contributed by atoms with Gasteiger partial charge < -0.3 is 18.8 Å². The van der Waals surface area contributed by atoms with Gasteiger partial charge in [-0.25, -0.2) is 0 Å². The van der Waals surface area contributed by atoms with E-state index in [0.29, 0.717) is 11.3 Å². The van der Waals surface area contributed by atoms with Gasteiger partial charge in [0.05, 0.1) is 0 Å². The number of anilines is 3. The normalized spacial score (nSPS) is 12.5. The van der Waals surface area contributed by atoms with Crippen LogP contribution in [0.15, 0.2) is 211 Å². The average Bonchev–Trinajstić information content (AvgIpc) is 3.69. The average molecular weight is 780 g/mol. The Labute approximate surface area is 352 Å². The van der Waals surface area contributed by atoms with Crippen molar-refractivity contribution in [2.45, 2.75) is 0 Å². The Morgan fingerprint density at radius 2 is 0.934 bits per heavy atom. The topological polar surface area (TPSA) is 34.8 Å². The van der Waals surface area contributed by atoms with Crippen molar-refractivity contribution in [2.24, 2.45) is 0 Å². The summed E-state index contributed by atoms with van der Waals surface area (Å²) in [6.45, 7) is -0.179. The van der Waals surface area contributed by atoms with E-state index >= 15 is 0 Å². The third-order valence-corrected chi connectivity index (χ3v) is 12.6. The standard InChI is InChI=1S/C56H34BNO3/c1-3-17-39(18-4-1)58(40-19-5-2-6-20-40)41-27-28-46-47-34-53-54-56(55(47)61-52(46)33-41)60-51-30-26-38(45-24-12-16-36-14-8-10-22-43(36)45)32-49(51)57(54)48-31-37(25-29-50(48)59-53)44-23-11-15-35-13-7-9-21-42(35)44/h1-34H. The van der Waals surface area contributed by atoms with Crippen molar-refractivity contribution in [3.63, 3.8) is 0 Å². The van der Waals surface area contributed by atoms with Crippen molar-refractivity contribution in [1.82, 2.24) is 0 Å². The number of rotatable bonds is 5. The smallest absolute Gasteiger partial charge is 0.260 e. The highest BCUT2D eigenvalue weighted by molar-refractivity contribution is 6.98. The van der Waals surface area contributed by atoms with Crippen molar-refractivity contribution in [3.05, 3.63) is 206 Å². The van der Waals surface area contributed by atoms with Crippen molar-refractivity contribution in [2.75, 3.05) is 4.90 Å². The number of furan rings is 1. The zero-order valence-corrected chi connectivity index (χ0v) is 32.9. The first-order chi connectivity index (χ1) is 30.2. The largest absolute Gasteiger partial charge is 0.458 e. The highest BCUT2D eigenvalue weighted by Gasteiger charge is 2.42. The molecular formula is C56H34BNO3. The van der Waals surface area contributed by atoms with Crippen LogP contribution >= 0.6 is 0 Å². The van der Waals surface area contributed by atoms with Crippen LogP contribution in [0.1, 0.15) is 0 Å². The van der Waals surface area contributed by atoms with E-state index in [2.05, 4.69) is 199 Å². The number of fused-ring (bicyclic) bond motifs is 10. The summed E-state index contributed by atoms with van der Waals surface area (Å²) in [6, 6.07) is 73.1. The summed E-state index contributed by atoms with van der Waals surface area (Å²) in [5.41, 5.74) is 12.4. The monoisotopic (exact) mass is 779 g/mol. The molecule has 0 saturated heterocycles. The van der Waals surface area contributed by atoms with Crippen LogP contribution in [0.5, 0.6) is 23.0 Å². The van der Waals surface area contributed by atoms with Crippen LogP contribution in [-0.2, 0) is 0 Å². The summed E-state index contributed by atoms with van der Waals surface area (Å²) >= 11 is 0. The van der Waals surface area contributed by atoms with Gasteiger partial charge in [-0.1, -0.05) is 146 Å². The Kier molecular flexibility index (Phi) is 7.37. The summed E-state index contributed by atoms with van der Waals surface area (Å²) in [6.07, 6.45) is 0. The molecule has 0 amide bonds. The van der Waals surface area contributed by atoms with E-state index in [1.807, 2.05) is 12.1 Å². The van der Waals surface area contributed by atoms with Gasteiger partial charge in [-0.15, -0.1) is 0 Å². The minimum absolute atomic E-state index is 0.179. The van der Waals surface area contributed by atoms with Gasteiger partial charge in [-0.2, -0.15) is 0 Å². The van der Waals surface area contributed by atoms with Gasteiger partial charge in [-0.3, -0.25) is 0 Å². The predicted octanol–water partition coefficient (Wildman–Crippen LogP) is 13.4. The van der Waals surface area contributed by atoms with E-state index in [1.165, 1.54) is 32.7 Å². The Morgan fingerprint density at radius 3 is 1.56 bits per heavy atom. The zero-order valence-electron chi connectivity index (χ0n) is 32.9. The lowest BCUT2D eigenvalue weighted by molar-refractivity contribution is 0.462. The molecule has 10 aromatic carbocycles. The minimum Gasteiger partial charge on any atom is -0.458 e. The van der Waals surface area contributed by atoms with Crippen LogP contribution in [0, 0.1) is 0 Å². The van der Waals surface area contributed by atoms with Gasteiger partial charge in [0.15, 0.2) is 11.3 Å². The van der Waals surface area contributed by atoms with Crippen LogP contribution in [0.3, 0.4) is 0 Å². The number of nitrogens with zero attached hydrogens (tertiary/aromatic N) is 1. The molecular weight excluding hydrogens is 745 g/mol. The lowest BCUT2D eigenvalue weighted by Gasteiger charge is -2.33. The van der Waals surface area contributed by atoms with Gasteiger partial charge in [-0.05, 0) is 109 Å². The highest BCUT2D eigenvalue weighted by atomic mass is 16.5. The number of ether oxygens (including phenoxy) is 2. The first-order valence-corrected chi connectivity index (χ1v) is 20.8. The molecule has 61 heavy (non-hydrogen) atoms. The van der Waals surface area contributed by atoms with Crippen LogP contribution in [0.4, 0.5) is 17.1 Å². The van der Waals surface area contributed by atoms with Gasteiger partial charge in [0.1, 0.15) is 22.8 Å². The van der Waals surface area contributed by atoms with E-state index in [1.54, 1.807) is 0 Å². The summed E-state index contributed by atoms with van der Waals surface area (Å²) in [7, 11) is 0. The molecule has 5 heteroatoms. The molecule has 0 bridgehead atoms. The minimum atomic E-state index is -0.179. The molecule has 1 aromatic heterocycles. The molecule has 0 radical (unpaired) electrons. The Hall–Kier alpha value is -8.02. The summed E-state index contributed by atoms with van der Waals surface area (Å²) in [4.78, 5) is 2.26. The number of hydrogen-bond donors (Lipinski definition) is 0. The SMILES string of the molecule is c1ccc(N(c2ccccc2)c2ccc3c(c2)oc2c4c5c(cc23)Oc2ccc(-c3cccc6ccccc36)cc2B5c2cc(-c3cccc5ccccc35)ccc2O4)cc1. The maximum Gasteiger partial charge on any atom is 0.260 e. The molecule has 284 valence electrons. The molecule has 3 heterocycles. The first-order valence-electron chi connectivity index (χ1n) is 20.8. The molecule has 2 aliphatic heterocycles. The summed E-state index contributed by atoms with van der Waals surface area (Å²) in [5.74, 6) is 3.13. The molecule has 0 atom stereocenters. The fourth-order valence-electron chi connectivity index (χ4n) is 9.79. The lowest BCUT2D eigenvalue weighted by Crippen LogP contribution is -2.57. The number of hydrogen-bond acceptors (Lipinski definition) is 4. The van der Waals surface area contributed by atoms with Crippen LogP contribution in [0.25, 0.3) is 65.7 Å². The molecule has 0 aliphatic carbocycles. The van der Waals surface area contributed by atoms with Crippen molar-refractivity contribution in [1.29, 1.82) is 0 Å². The van der Waals surface area contributed by atoms with Crippen LogP contribution < -0.4 is 30.8 Å². The fraction of sp³-hybridized carbons (Fsp3) is 0. The van der Waals surface area contributed by atoms with E-state index in [4.69, 9.17) is 13.9 Å². The van der Waals surface area contributed by atoms with Crippen molar-refractivity contribution >= 4 is 83.6 Å². The molecule has 0 spiro atoms. The summed E-state index contributed by atoms with van der Waals surface area (Å²) in [5, 5.41) is 6.81. The summed E-state index contributed by atoms with van der Waals surface area (Å²) < 4.78 is 21.0. The second-order valence-electron chi connectivity index (χ2n) is 16.0. The Morgan fingerprint density at radius 1 is 0.377 bits per heavy atom. The molecule has 4 nitrogen and oxygen atoms in total. The van der Waals surface area contributed by atoms with E-state index in [9.17, 15) is 0 Å². The predicted molar refractivity (Wildman–Crippen MR) is 252 cm³/mol. The number of benzene rings is 10. The lowest BCUT2D eigenvalue weighted by atomic mass is 9.34. The molecule has 0 unspecified atom stereocenters. The molecule has 11 aromatic rings. The fourth-order valence-corrected chi connectivity index (χ4v) is 9.79. The second kappa shape index (κ2) is 13.3.